The first-order chi connectivity index (χ1) is 7.43. The van der Waals surface area contributed by atoms with Gasteiger partial charge in [0.1, 0.15) is 12.1 Å². The Morgan fingerprint density at radius 3 is 2.62 bits per heavy atom. The van der Waals surface area contributed by atoms with Gasteiger partial charge in [0, 0.05) is 0 Å². The molecule has 0 radical (unpaired) electrons. The van der Waals surface area contributed by atoms with Gasteiger partial charge in [0.05, 0.1) is 5.69 Å². The summed E-state index contributed by atoms with van der Waals surface area (Å²) >= 11 is 0. The predicted molar refractivity (Wildman–Crippen MR) is 54.6 cm³/mol. The van der Waals surface area contributed by atoms with Crippen LogP contribution in [0, 0.1) is 5.21 Å². The first-order valence-electron chi connectivity index (χ1n) is 4.36. The van der Waals surface area contributed by atoms with E-state index in [0.717, 1.165) is 6.07 Å². The summed E-state index contributed by atoms with van der Waals surface area (Å²) in [6.45, 7) is 0. The number of hydrogen-bond acceptors (Lipinski definition) is 6. The zero-order chi connectivity index (χ0) is 12.3. The van der Waals surface area contributed by atoms with Crippen LogP contribution in [-0.2, 0) is 4.79 Å². The Kier molecular flexibility index (Phi) is 3.80. The average molecular weight is 227 g/mol. The Balaban J connectivity index is 2.95. The van der Waals surface area contributed by atoms with Crippen LogP contribution in [0.2, 0.25) is 0 Å². The Bertz CT molecular complexity index is 382. The molecule has 0 aliphatic heterocycles. The minimum atomic E-state index is -1.49. The second-order valence-electron chi connectivity index (χ2n) is 3.18. The molecule has 0 saturated carbocycles. The number of aliphatic carboxylic acids is 1. The van der Waals surface area contributed by atoms with E-state index in [2.05, 4.69) is 0 Å². The number of carbonyl (C=O) groups is 1. The fourth-order valence-corrected chi connectivity index (χ4v) is 1.17. The number of nitrogens with zero attached hydrogens (tertiary/aromatic N) is 1. The normalized spacial score (nSPS) is 14.2. The fourth-order valence-electron chi connectivity index (χ4n) is 1.17. The van der Waals surface area contributed by atoms with Gasteiger partial charge in [0.2, 0.25) is 0 Å². The summed E-state index contributed by atoms with van der Waals surface area (Å²) in [6.07, 6.45) is -1.45. The molecule has 1 aromatic rings. The molecule has 1 aromatic carbocycles. The molecule has 0 saturated heterocycles. The van der Waals surface area contributed by atoms with Crippen LogP contribution in [0.15, 0.2) is 24.3 Å². The van der Waals surface area contributed by atoms with Crippen molar-refractivity contribution in [2.45, 2.75) is 12.1 Å². The van der Waals surface area contributed by atoms with E-state index in [-0.39, 0.29) is 16.5 Å². The minimum absolute atomic E-state index is 0.117. The van der Waals surface area contributed by atoms with Crippen LogP contribution in [0.4, 0.5) is 5.69 Å². The molecule has 5 N–H and O–H groups in total. The molecule has 7 nitrogen and oxygen atoms in total. The zero-order valence-electron chi connectivity index (χ0n) is 8.15. The van der Waals surface area contributed by atoms with E-state index in [1.807, 2.05) is 0 Å². The van der Waals surface area contributed by atoms with Crippen LogP contribution in [0.25, 0.3) is 0 Å². The molecular weight excluding hydrogens is 216 g/mol. The molecule has 0 aromatic heterocycles. The van der Waals surface area contributed by atoms with E-state index >= 15 is 0 Å². The molecule has 0 spiro atoms. The number of hydrogen-bond donors (Lipinski definition) is 4. The Morgan fingerprint density at radius 1 is 1.50 bits per heavy atom. The van der Waals surface area contributed by atoms with Gasteiger partial charge in [0.25, 0.3) is 0 Å². The van der Waals surface area contributed by atoms with Crippen molar-refractivity contribution >= 4 is 11.7 Å². The fraction of sp³-hybridized carbons (Fsp3) is 0.222. The molecule has 0 aliphatic rings. The van der Waals surface area contributed by atoms with Gasteiger partial charge in [-0.15, -0.1) is 0 Å². The largest absolute Gasteiger partial charge is 0.733 e. The molecule has 0 fully saturated rings. The number of benzene rings is 1. The lowest BCUT2D eigenvalue weighted by atomic mass is 10.0. The number of aliphatic hydroxyl groups is 1. The lowest BCUT2D eigenvalue weighted by Gasteiger charge is -2.23. The molecule has 0 unspecified atom stereocenters. The zero-order valence-corrected chi connectivity index (χ0v) is 8.15. The highest BCUT2D eigenvalue weighted by Crippen LogP contribution is 2.21. The van der Waals surface area contributed by atoms with Gasteiger partial charge < -0.3 is 26.4 Å². The van der Waals surface area contributed by atoms with Crippen molar-refractivity contribution in [2.24, 2.45) is 5.73 Å². The van der Waals surface area contributed by atoms with Crippen LogP contribution in [0.5, 0.6) is 0 Å². The molecule has 0 bridgehead atoms. The molecule has 1 rings (SSSR count). The maximum atomic E-state index is 10.6. The molecule has 0 amide bonds. The topological polar surface area (TPSA) is 130 Å². The summed E-state index contributed by atoms with van der Waals surface area (Å²) in [5.74, 6) is -1.36. The van der Waals surface area contributed by atoms with E-state index in [1.54, 1.807) is 0 Å². The monoisotopic (exact) mass is 227 g/mol. The first-order valence-corrected chi connectivity index (χ1v) is 4.36. The maximum Gasteiger partial charge on any atom is 0.323 e. The van der Waals surface area contributed by atoms with Crippen LogP contribution >= 0.6 is 0 Å². The molecule has 0 heterocycles. The number of carboxylic acids is 1. The number of carboxylic acid groups (broad SMARTS) is 1. The number of aliphatic hydroxyl groups excluding tert-OH is 1. The van der Waals surface area contributed by atoms with Crippen molar-refractivity contribution in [3.63, 3.8) is 0 Å². The molecule has 16 heavy (non-hydrogen) atoms. The van der Waals surface area contributed by atoms with Crippen molar-refractivity contribution < 1.29 is 20.2 Å². The molecular formula is C9H11N2O5-. The second-order valence-corrected chi connectivity index (χ2v) is 3.18. The second kappa shape index (κ2) is 4.90. The van der Waals surface area contributed by atoms with Gasteiger partial charge >= 0.3 is 5.97 Å². The van der Waals surface area contributed by atoms with Crippen LogP contribution in [0.3, 0.4) is 0 Å². The van der Waals surface area contributed by atoms with E-state index in [0.29, 0.717) is 0 Å². The van der Waals surface area contributed by atoms with E-state index in [4.69, 9.17) is 16.0 Å². The van der Waals surface area contributed by atoms with Gasteiger partial charge in [-0.2, -0.15) is 0 Å². The van der Waals surface area contributed by atoms with Crippen LogP contribution in [0.1, 0.15) is 11.7 Å². The third-order valence-corrected chi connectivity index (χ3v) is 2.06. The van der Waals surface area contributed by atoms with Gasteiger partial charge in [-0.1, -0.05) is 12.1 Å². The highest BCUT2D eigenvalue weighted by atomic mass is 16.8. The maximum absolute atomic E-state index is 10.6. The van der Waals surface area contributed by atoms with Gasteiger partial charge in [0.15, 0.2) is 0 Å². The smallest absolute Gasteiger partial charge is 0.323 e. The Labute approximate surface area is 90.9 Å². The van der Waals surface area contributed by atoms with Crippen molar-refractivity contribution in [2.75, 3.05) is 5.23 Å². The standard InChI is InChI=1S/C9H11N2O5/c10-7(9(13)14)8(12)5-2-1-3-6(4-5)11(15)16/h1-4,7-8,12,15H,10H2,(H,13,14)/q-1/t7-,8-/m0/s1. The lowest BCUT2D eigenvalue weighted by Crippen LogP contribution is -2.36. The quantitative estimate of drug-likeness (QED) is 0.525. The summed E-state index contributed by atoms with van der Waals surface area (Å²) in [5, 5.41) is 37.0. The van der Waals surface area contributed by atoms with E-state index in [9.17, 15) is 15.1 Å². The molecule has 0 aliphatic carbocycles. The highest BCUT2D eigenvalue weighted by Gasteiger charge is 2.23. The minimum Gasteiger partial charge on any atom is -0.733 e. The SMILES string of the molecule is N[C@H](C(=O)O)[C@@H](O)c1cccc(N([O-])O)c1. The summed E-state index contributed by atoms with van der Waals surface area (Å²) in [7, 11) is 0. The van der Waals surface area contributed by atoms with Crippen LogP contribution in [-0.4, -0.2) is 27.4 Å². The first kappa shape index (κ1) is 12.4. The number of nitrogens with two attached hydrogens (primary N) is 1. The van der Waals surface area contributed by atoms with Crippen molar-refractivity contribution in [3.8, 4) is 0 Å². The van der Waals surface area contributed by atoms with E-state index < -0.39 is 18.1 Å². The molecule has 2 atom stereocenters. The van der Waals surface area contributed by atoms with Crippen molar-refractivity contribution in [1.29, 1.82) is 0 Å². The summed E-state index contributed by atoms with van der Waals surface area (Å²) in [4.78, 5) is 10.5. The molecule has 7 heteroatoms. The average Bonchev–Trinajstić information content (AvgIpc) is 2.27. The lowest BCUT2D eigenvalue weighted by molar-refractivity contribution is -0.141. The van der Waals surface area contributed by atoms with Gasteiger partial charge in [-0.25, -0.2) is 0 Å². The summed E-state index contributed by atoms with van der Waals surface area (Å²) in [5.41, 5.74) is 5.24. The number of anilines is 1. The Hall–Kier alpha value is -1.67. The molecule has 88 valence electrons. The van der Waals surface area contributed by atoms with Crippen LogP contribution < -0.4 is 11.0 Å². The third kappa shape index (κ3) is 2.67. The van der Waals surface area contributed by atoms with Crippen molar-refractivity contribution in [1.82, 2.24) is 0 Å². The number of rotatable bonds is 4. The third-order valence-electron chi connectivity index (χ3n) is 2.06. The van der Waals surface area contributed by atoms with E-state index in [1.165, 1.54) is 18.2 Å². The predicted octanol–water partition coefficient (Wildman–Crippen LogP) is -0.175. The van der Waals surface area contributed by atoms with Gasteiger partial charge in [-0.3, -0.25) is 10.0 Å². The summed E-state index contributed by atoms with van der Waals surface area (Å²) in [6, 6.07) is 3.76. The Morgan fingerprint density at radius 2 is 2.12 bits per heavy atom. The van der Waals surface area contributed by atoms with Crippen molar-refractivity contribution in [3.05, 3.63) is 35.0 Å². The summed E-state index contributed by atoms with van der Waals surface area (Å²) < 4.78 is 0. The highest BCUT2D eigenvalue weighted by molar-refractivity contribution is 5.74. The van der Waals surface area contributed by atoms with Gasteiger partial charge in [-0.05, 0) is 17.7 Å².